The van der Waals surface area contributed by atoms with Crippen molar-refractivity contribution in [3.63, 3.8) is 0 Å². The largest absolute Gasteiger partial charge is 0.476 e. The van der Waals surface area contributed by atoms with E-state index in [4.69, 9.17) is 15.0 Å². The van der Waals surface area contributed by atoms with E-state index in [1.165, 1.54) is 0 Å². The molecule has 0 bridgehead atoms. The molecular formula is C13H14N6O2. The van der Waals surface area contributed by atoms with Crippen LogP contribution in [0.2, 0.25) is 0 Å². The second-order valence-electron chi connectivity index (χ2n) is 4.45. The van der Waals surface area contributed by atoms with Gasteiger partial charge in [-0.15, -0.1) is 0 Å². The average Bonchev–Trinajstić information content (AvgIpc) is 2.78. The molecule has 0 unspecified atom stereocenters. The predicted octanol–water partition coefficient (Wildman–Crippen LogP) is 1.67. The van der Waals surface area contributed by atoms with Crippen LogP contribution in [0.15, 0.2) is 10.7 Å². The number of nitrogens with zero attached hydrogens (tertiary/aromatic N) is 5. The summed E-state index contributed by atoms with van der Waals surface area (Å²) in [6, 6.07) is 0. The summed E-state index contributed by atoms with van der Waals surface area (Å²) in [4.78, 5) is 16.9. The van der Waals surface area contributed by atoms with Crippen molar-refractivity contribution in [1.82, 2.24) is 25.1 Å². The second-order valence-corrected chi connectivity index (χ2v) is 4.45. The first-order chi connectivity index (χ1) is 10.1. The molecule has 3 rings (SSSR count). The maximum Gasteiger partial charge on any atom is 0.247 e. The number of anilines is 1. The molecule has 0 amide bonds. The summed E-state index contributed by atoms with van der Waals surface area (Å²) in [5.41, 5.74) is 8.68. The van der Waals surface area contributed by atoms with Gasteiger partial charge in [-0.1, -0.05) is 5.16 Å². The van der Waals surface area contributed by atoms with E-state index in [0.29, 0.717) is 35.1 Å². The maximum atomic E-state index is 5.64. The summed E-state index contributed by atoms with van der Waals surface area (Å²) in [5.74, 6) is 1.10. The number of ether oxygens (including phenoxy) is 1. The molecule has 2 N–H and O–H groups in total. The molecule has 3 aromatic heterocycles. The lowest BCUT2D eigenvalue weighted by Crippen LogP contribution is -2.04. The Morgan fingerprint density at radius 1 is 1.24 bits per heavy atom. The first-order valence-electron chi connectivity index (χ1n) is 6.46. The molecule has 8 heteroatoms. The normalized spacial score (nSPS) is 11.0. The van der Waals surface area contributed by atoms with E-state index in [1.54, 1.807) is 6.20 Å². The third kappa shape index (κ3) is 2.24. The van der Waals surface area contributed by atoms with Gasteiger partial charge in [-0.3, -0.25) is 0 Å². The van der Waals surface area contributed by atoms with Gasteiger partial charge in [0, 0.05) is 0 Å². The molecule has 108 valence electrons. The van der Waals surface area contributed by atoms with Crippen LogP contribution in [0.25, 0.3) is 22.4 Å². The van der Waals surface area contributed by atoms with Crippen molar-refractivity contribution >= 4 is 17.1 Å². The summed E-state index contributed by atoms with van der Waals surface area (Å²) in [5, 5.41) is 3.92. The van der Waals surface area contributed by atoms with Crippen LogP contribution in [-0.2, 0) is 0 Å². The zero-order valence-corrected chi connectivity index (χ0v) is 11.9. The molecule has 0 saturated carbocycles. The third-order valence-electron chi connectivity index (χ3n) is 2.96. The van der Waals surface area contributed by atoms with E-state index in [-0.39, 0.29) is 5.95 Å². The van der Waals surface area contributed by atoms with Crippen molar-refractivity contribution in [3.8, 4) is 17.1 Å². The number of nitrogens with two attached hydrogens (primary N) is 1. The SMILES string of the molecule is CCOc1nc(N)nc2ncc(-c3c(C)noc3C)nc12. The molecule has 0 spiro atoms. The Morgan fingerprint density at radius 3 is 2.71 bits per heavy atom. The van der Waals surface area contributed by atoms with Crippen LogP contribution in [-0.4, -0.2) is 31.7 Å². The number of hydrogen-bond acceptors (Lipinski definition) is 8. The molecule has 0 aliphatic carbocycles. The average molecular weight is 286 g/mol. The summed E-state index contributed by atoms with van der Waals surface area (Å²) < 4.78 is 10.6. The second kappa shape index (κ2) is 4.97. The van der Waals surface area contributed by atoms with E-state index < -0.39 is 0 Å². The first kappa shape index (κ1) is 13.2. The Hall–Kier alpha value is -2.77. The van der Waals surface area contributed by atoms with Crippen LogP contribution in [0.4, 0.5) is 5.95 Å². The highest BCUT2D eigenvalue weighted by molar-refractivity contribution is 5.79. The van der Waals surface area contributed by atoms with Crippen LogP contribution in [0.5, 0.6) is 5.88 Å². The van der Waals surface area contributed by atoms with Gasteiger partial charge < -0.3 is 15.0 Å². The van der Waals surface area contributed by atoms with Crippen molar-refractivity contribution in [1.29, 1.82) is 0 Å². The summed E-state index contributed by atoms with van der Waals surface area (Å²) >= 11 is 0. The zero-order valence-electron chi connectivity index (χ0n) is 11.9. The summed E-state index contributed by atoms with van der Waals surface area (Å²) in [6.07, 6.45) is 1.61. The fraction of sp³-hybridized carbons (Fsp3) is 0.308. The molecule has 0 fully saturated rings. The van der Waals surface area contributed by atoms with Crippen LogP contribution in [0, 0.1) is 13.8 Å². The van der Waals surface area contributed by atoms with Crippen LogP contribution in [0.1, 0.15) is 18.4 Å². The molecule has 0 atom stereocenters. The molecule has 0 aliphatic heterocycles. The Labute approximate surface area is 120 Å². The lowest BCUT2D eigenvalue weighted by molar-refractivity contribution is 0.330. The molecule has 3 heterocycles. The van der Waals surface area contributed by atoms with Crippen LogP contribution < -0.4 is 10.5 Å². The van der Waals surface area contributed by atoms with Crippen LogP contribution in [0.3, 0.4) is 0 Å². The Morgan fingerprint density at radius 2 is 2.05 bits per heavy atom. The van der Waals surface area contributed by atoms with Gasteiger partial charge >= 0.3 is 0 Å². The predicted molar refractivity (Wildman–Crippen MR) is 75.7 cm³/mol. The van der Waals surface area contributed by atoms with Crippen molar-refractivity contribution in [2.75, 3.05) is 12.3 Å². The lowest BCUT2D eigenvalue weighted by Gasteiger charge is -2.07. The fourth-order valence-corrected chi connectivity index (χ4v) is 2.10. The fourth-order valence-electron chi connectivity index (χ4n) is 2.10. The first-order valence-corrected chi connectivity index (χ1v) is 6.46. The van der Waals surface area contributed by atoms with Crippen molar-refractivity contribution < 1.29 is 9.26 Å². The van der Waals surface area contributed by atoms with Gasteiger partial charge in [-0.05, 0) is 20.8 Å². The molecule has 0 saturated heterocycles. The third-order valence-corrected chi connectivity index (χ3v) is 2.96. The standard InChI is InChI=1S/C13H14N6O2/c1-4-20-12-10-11(17-13(14)18-12)15-5-8(16-10)9-6(2)19-21-7(9)3/h5H,4H2,1-3H3,(H2,14,15,17,18). The van der Waals surface area contributed by atoms with Crippen LogP contribution >= 0.6 is 0 Å². The van der Waals surface area contributed by atoms with Gasteiger partial charge in [-0.2, -0.15) is 9.97 Å². The topological polar surface area (TPSA) is 113 Å². The van der Waals surface area contributed by atoms with Gasteiger partial charge in [0.15, 0.2) is 11.2 Å². The molecule has 8 nitrogen and oxygen atoms in total. The van der Waals surface area contributed by atoms with Gasteiger partial charge in [-0.25, -0.2) is 9.97 Å². The van der Waals surface area contributed by atoms with Gasteiger partial charge in [0.2, 0.25) is 11.8 Å². The van der Waals surface area contributed by atoms with Crippen molar-refractivity contribution in [2.45, 2.75) is 20.8 Å². The van der Waals surface area contributed by atoms with Gasteiger partial charge in [0.1, 0.15) is 5.76 Å². The monoisotopic (exact) mass is 286 g/mol. The minimum atomic E-state index is 0.102. The number of rotatable bonds is 3. The number of aryl methyl sites for hydroxylation is 2. The molecule has 0 aliphatic rings. The minimum absolute atomic E-state index is 0.102. The quantitative estimate of drug-likeness (QED) is 0.773. The van der Waals surface area contributed by atoms with E-state index >= 15 is 0 Å². The molecule has 3 aromatic rings. The van der Waals surface area contributed by atoms with E-state index in [0.717, 1.165) is 11.3 Å². The summed E-state index contributed by atoms with van der Waals surface area (Å²) in [7, 11) is 0. The highest BCUT2D eigenvalue weighted by Crippen LogP contribution is 2.28. The van der Waals surface area contributed by atoms with E-state index in [1.807, 2.05) is 20.8 Å². The molecule has 21 heavy (non-hydrogen) atoms. The highest BCUT2D eigenvalue weighted by Gasteiger charge is 2.16. The van der Waals surface area contributed by atoms with E-state index in [9.17, 15) is 0 Å². The smallest absolute Gasteiger partial charge is 0.247 e. The van der Waals surface area contributed by atoms with Gasteiger partial charge in [0.05, 0.1) is 29.8 Å². The van der Waals surface area contributed by atoms with E-state index in [2.05, 4.69) is 25.1 Å². The number of hydrogen-bond donors (Lipinski definition) is 1. The number of nitrogen functional groups attached to an aromatic ring is 1. The summed E-state index contributed by atoms with van der Waals surface area (Å²) in [6.45, 7) is 5.98. The molecule has 0 radical (unpaired) electrons. The number of fused-ring (bicyclic) bond motifs is 1. The molecular weight excluding hydrogens is 272 g/mol. The Bertz CT molecular complexity index is 794. The molecule has 0 aromatic carbocycles. The highest BCUT2D eigenvalue weighted by atomic mass is 16.5. The number of aromatic nitrogens is 5. The Balaban J connectivity index is 2.24. The van der Waals surface area contributed by atoms with Crippen molar-refractivity contribution in [2.24, 2.45) is 0 Å². The van der Waals surface area contributed by atoms with Crippen molar-refractivity contribution in [3.05, 3.63) is 17.7 Å². The Kier molecular flexibility index (Phi) is 3.13. The minimum Gasteiger partial charge on any atom is -0.476 e. The van der Waals surface area contributed by atoms with Gasteiger partial charge in [0.25, 0.3) is 0 Å². The maximum absolute atomic E-state index is 5.64. The zero-order chi connectivity index (χ0) is 15.0. The lowest BCUT2D eigenvalue weighted by atomic mass is 10.1.